The summed E-state index contributed by atoms with van der Waals surface area (Å²) in [6, 6.07) is 1.47. The summed E-state index contributed by atoms with van der Waals surface area (Å²) < 4.78 is 44.3. The lowest BCUT2D eigenvalue weighted by Gasteiger charge is -2.18. The Balaban J connectivity index is 1.82. The Morgan fingerprint density at radius 3 is 2.45 bits per heavy atom. The van der Waals surface area contributed by atoms with Gasteiger partial charge in [0.25, 0.3) is 5.91 Å². The Kier molecular flexibility index (Phi) is 3.41. The number of alkyl halides is 3. The maximum Gasteiger partial charge on any atom is 0.394 e. The van der Waals surface area contributed by atoms with Gasteiger partial charge in [-0.15, -0.1) is 0 Å². The topological polar surface area (TPSA) is 76.5 Å². The number of hydrogen-bond acceptors (Lipinski definition) is 3. The molecule has 0 spiro atoms. The summed E-state index contributed by atoms with van der Waals surface area (Å²) >= 11 is 0. The molecule has 1 aromatic heterocycles. The van der Waals surface area contributed by atoms with Crippen molar-refractivity contribution < 1.29 is 27.2 Å². The van der Waals surface area contributed by atoms with E-state index in [1.165, 1.54) is 12.3 Å². The monoisotopic (exact) mass is 316 g/mol. The van der Waals surface area contributed by atoms with Crippen molar-refractivity contribution in [2.45, 2.75) is 24.9 Å². The number of nitrogens with zero attached hydrogens (tertiary/aromatic N) is 1. The van der Waals surface area contributed by atoms with Crippen LogP contribution in [0.3, 0.4) is 0 Å². The summed E-state index contributed by atoms with van der Waals surface area (Å²) in [6.45, 7) is -0.862. The molecule has 22 heavy (non-hydrogen) atoms. The second kappa shape index (κ2) is 5.03. The van der Waals surface area contributed by atoms with Crippen LogP contribution in [0.4, 0.5) is 13.2 Å². The Morgan fingerprint density at radius 1 is 1.27 bits per heavy atom. The van der Waals surface area contributed by atoms with Gasteiger partial charge in [-0.05, 0) is 18.9 Å². The number of halogens is 3. The summed E-state index contributed by atoms with van der Waals surface area (Å²) in [5.74, 6) is -4.19. The van der Waals surface area contributed by atoms with E-state index in [1.807, 2.05) is 0 Å². The minimum absolute atomic E-state index is 0.168. The van der Waals surface area contributed by atoms with E-state index in [-0.39, 0.29) is 18.0 Å². The van der Waals surface area contributed by atoms with Gasteiger partial charge in [0.05, 0.1) is 23.7 Å². The fraction of sp³-hybridized carbons (Fsp3) is 0.571. The highest BCUT2D eigenvalue weighted by Gasteiger charge is 2.53. The van der Waals surface area contributed by atoms with Gasteiger partial charge in [-0.25, -0.2) is 0 Å². The summed E-state index contributed by atoms with van der Waals surface area (Å²) in [7, 11) is 0. The van der Waals surface area contributed by atoms with Crippen molar-refractivity contribution in [3.05, 3.63) is 23.7 Å². The molecule has 2 aliphatic rings. The van der Waals surface area contributed by atoms with E-state index in [0.717, 1.165) is 17.7 Å². The molecule has 1 aliphatic heterocycles. The van der Waals surface area contributed by atoms with Crippen LogP contribution in [0.2, 0.25) is 0 Å². The first-order valence-corrected chi connectivity index (χ1v) is 7.01. The minimum Gasteiger partial charge on any atom is -0.468 e. The van der Waals surface area contributed by atoms with Crippen LogP contribution in [-0.4, -0.2) is 36.0 Å². The van der Waals surface area contributed by atoms with Crippen LogP contribution in [0.25, 0.3) is 0 Å². The second-order valence-electron chi connectivity index (χ2n) is 5.84. The first kappa shape index (κ1) is 14.9. The van der Waals surface area contributed by atoms with E-state index in [1.54, 1.807) is 0 Å². The molecule has 2 atom stereocenters. The van der Waals surface area contributed by atoms with Crippen LogP contribution in [0.5, 0.6) is 0 Å². The Bertz CT molecular complexity index is 607. The van der Waals surface area contributed by atoms with Gasteiger partial charge in [0, 0.05) is 19.0 Å². The zero-order chi connectivity index (χ0) is 16.1. The average molecular weight is 316 g/mol. The number of hydrogen-bond donors (Lipinski definition) is 1. The van der Waals surface area contributed by atoms with Gasteiger partial charge in [-0.2, -0.15) is 13.2 Å². The lowest BCUT2D eigenvalue weighted by atomic mass is 9.95. The Morgan fingerprint density at radius 2 is 1.95 bits per heavy atom. The molecule has 3 rings (SSSR count). The SMILES string of the molecule is NC(=O)[C@@H]1CN(C(=O)c2ccoc2C2CC2)C[C@H]1C(F)(F)F. The van der Waals surface area contributed by atoms with Gasteiger partial charge in [0.15, 0.2) is 0 Å². The molecule has 2 N–H and O–H groups in total. The number of likely N-dealkylation sites (tertiary alicyclic amines) is 1. The van der Waals surface area contributed by atoms with Crippen LogP contribution in [0.1, 0.15) is 34.9 Å². The number of amides is 2. The fourth-order valence-corrected chi connectivity index (χ4v) is 2.92. The van der Waals surface area contributed by atoms with Crippen LogP contribution >= 0.6 is 0 Å². The molecule has 5 nitrogen and oxygen atoms in total. The van der Waals surface area contributed by atoms with Crippen molar-refractivity contribution >= 4 is 11.8 Å². The van der Waals surface area contributed by atoms with Gasteiger partial charge in [-0.1, -0.05) is 0 Å². The maximum absolute atomic E-state index is 13.0. The molecule has 8 heteroatoms. The fourth-order valence-electron chi connectivity index (χ4n) is 2.92. The van der Waals surface area contributed by atoms with Crippen LogP contribution < -0.4 is 5.73 Å². The van der Waals surface area contributed by atoms with Crippen molar-refractivity contribution in [3.63, 3.8) is 0 Å². The molecule has 0 radical (unpaired) electrons. The van der Waals surface area contributed by atoms with Crippen molar-refractivity contribution in [1.29, 1.82) is 0 Å². The predicted molar refractivity (Wildman–Crippen MR) is 68.8 cm³/mol. The molecule has 1 aromatic rings. The molecular formula is C14H15F3N2O3. The quantitative estimate of drug-likeness (QED) is 0.925. The summed E-state index contributed by atoms with van der Waals surface area (Å²) in [5, 5.41) is 0. The zero-order valence-electron chi connectivity index (χ0n) is 11.6. The van der Waals surface area contributed by atoms with Gasteiger partial charge < -0.3 is 15.1 Å². The lowest BCUT2D eigenvalue weighted by Crippen LogP contribution is -2.37. The highest BCUT2D eigenvalue weighted by atomic mass is 19.4. The van der Waals surface area contributed by atoms with Crippen molar-refractivity contribution in [2.75, 3.05) is 13.1 Å². The number of rotatable bonds is 3. The summed E-state index contributed by atoms with van der Waals surface area (Å²) in [4.78, 5) is 24.8. The van der Waals surface area contributed by atoms with E-state index in [4.69, 9.17) is 10.2 Å². The molecule has 0 aromatic carbocycles. The molecule has 0 bridgehead atoms. The summed E-state index contributed by atoms with van der Waals surface area (Å²) in [5.41, 5.74) is 5.34. The van der Waals surface area contributed by atoms with Gasteiger partial charge in [0.1, 0.15) is 5.76 Å². The molecular weight excluding hydrogens is 301 g/mol. The number of nitrogens with two attached hydrogens (primary N) is 1. The van der Waals surface area contributed by atoms with Crippen LogP contribution in [0.15, 0.2) is 16.7 Å². The average Bonchev–Trinajstić information content (AvgIpc) is 3.00. The molecule has 1 saturated heterocycles. The number of furan rings is 1. The van der Waals surface area contributed by atoms with E-state index >= 15 is 0 Å². The zero-order valence-corrected chi connectivity index (χ0v) is 11.6. The van der Waals surface area contributed by atoms with E-state index in [2.05, 4.69) is 0 Å². The highest BCUT2D eigenvalue weighted by Crippen LogP contribution is 2.43. The number of primary amides is 1. The van der Waals surface area contributed by atoms with Crippen molar-refractivity contribution in [3.8, 4) is 0 Å². The Labute approximate surface area is 124 Å². The van der Waals surface area contributed by atoms with Crippen LogP contribution in [-0.2, 0) is 4.79 Å². The minimum atomic E-state index is -4.57. The molecule has 1 saturated carbocycles. The summed E-state index contributed by atoms with van der Waals surface area (Å²) in [6.07, 6.45) is -1.39. The molecule has 2 fully saturated rings. The van der Waals surface area contributed by atoms with Crippen LogP contribution in [0, 0.1) is 11.8 Å². The van der Waals surface area contributed by atoms with E-state index in [0.29, 0.717) is 5.76 Å². The second-order valence-corrected chi connectivity index (χ2v) is 5.84. The standard InChI is InChI=1S/C14H15F3N2O3/c15-14(16,17)10-6-19(5-9(10)12(18)20)13(21)8-3-4-22-11(8)7-1-2-7/h3-4,7,9-10H,1-2,5-6H2,(H2,18,20)/t9-,10-/m1/s1. The number of carbonyl (C=O) groups excluding carboxylic acids is 2. The first-order chi connectivity index (χ1) is 10.3. The molecule has 120 valence electrons. The van der Waals surface area contributed by atoms with Gasteiger partial charge in [0.2, 0.25) is 5.91 Å². The third-order valence-electron chi connectivity index (χ3n) is 4.27. The molecule has 1 aliphatic carbocycles. The highest BCUT2D eigenvalue weighted by molar-refractivity contribution is 5.96. The lowest BCUT2D eigenvalue weighted by molar-refractivity contribution is -0.182. The van der Waals surface area contributed by atoms with E-state index in [9.17, 15) is 22.8 Å². The van der Waals surface area contributed by atoms with E-state index < -0.39 is 36.4 Å². The van der Waals surface area contributed by atoms with Gasteiger partial charge >= 0.3 is 6.18 Å². The van der Waals surface area contributed by atoms with Gasteiger partial charge in [-0.3, -0.25) is 9.59 Å². The molecule has 2 amide bonds. The van der Waals surface area contributed by atoms with Crippen molar-refractivity contribution in [2.24, 2.45) is 17.6 Å². The third kappa shape index (κ3) is 2.57. The van der Waals surface area contributed by atoms with Crippen molar-refractivity contribution in [1.82, 2.24) is 4.90 Å². The first-order valence-electron chi connectivity index (χ1n) is 7.01. The molecule has 2 heterocycles. The Hall–Kier alpha value is -1.99. The number of carbonyl (C=O) groups is 2. The largest absolute Gasteiger partial charge is 0.468 e. The molecule has 0 unspecified atom stereocenters. The third-order valence-corrected chi connectivity index (χ3v) is 4.27. The maximum atomic E-state index is 13.0. The normalized spacial score (nSPS) is 25.5. The smallest absolute Gasteiger partial charge is 0.394 e. The predicted octanol–water partition coefficient (Wildman–Crippen LogP) is 1.89.